The topological polar surface area (TPSA) is 21.3 Å². The number of benzene rings is 1. The summed E-state index contributed by atoms with van der Waals surface area (Å²) in [6.45, 7) is 4.79. The van der Waals surface area contributed by atoms with E-state index in [9.17, 15) is 4.39 Å². The van der Waals surface area contributed by atoms with E-state index in [1.165, 1.54) is 5.56 Å². The van der Waals surface area contributed by atoms with Gasteiger partial charge in [0.05, 0.1) is 12.7 Å². The molecular formula is C14H21BrFNO. The van der Waals surface area contributed by atoms with Gasteiger partial charge < -0.3 is 10.1 Å². The standard InChI is InChI=1S/C12H15BrFNO.C2H6/c13-10-3-1-9(2-4-10)5-11-8-16-12(6-14)7-15-11;1-2/h1-4,11-12,15H,5-8H2;1-2H3. The van der Waals surface area contributed by atoms with Crippen molar-refractivity contribution < 1.29 is 9.13 Å². The Hall–Kier alpha value is -0.450. The monoisotopic (exact) mass is 317 g/mol. The molecule has 0 amide bonds. The summed E-state index contributed by atoms with van der Waals surface area (Å²) in [5.41, 5.74) is 1.27. The van der Waals surface area contributed by atoms with Crippen LogP contribution in [0.3, 0.4) is 0 Å². The fourth-order valence-corrected chi connectivity index (χ4v) is 2.07. The zero-order valence-corrected chi connectivity index (χ0v) is 12.5. The molecule has 1 aliphatic rings. The summed E-state index contributed by atoms with van der Waals surface area (Å²) in [6, 6.07) is 8.54. The Bertz CT molecular complexity index is 323. The Morgan fingerprint density at radius 2 is 2.00 bits per heavy atom. The van der Waals surface area contributed by atoms with Gasteiger partial charge in [-0.1, -0.05) is 41.9 Å². The van der Waals surface area contributed by atoms with E-state index in [1.807, 2.05) is 26.0 Å². The predicted octanol–water partition coefficient (Wildman–Crippen LogP) is 3.34. The fraction of sp³-hybridized carbons (Fsp3) is 0.571. The summed E-state index contributed by atoms with van der Waals surface area (Å²) in [4.78, 5) is 0. The van der Waals surface area contributed by atoms with Crippen molar-refractivity contribution in [1.82, 2.24) is 5.32 Å². The van der Waals surface area contributed by atoms with Crippen LogP contribution in [0.15, 0.2) is 28.7 Å². The van der Waals surface area contributed by atoms with Crippen molar-refractivity contribution in [3.8, 4) is 0 Å². The average Bonchev–Trinajstić information content (AvgIpc) is 2.44. The molecule has 0 radical (unpaired) electrons. The van der Waals surface area contributed by atoms with Crippen LogP contribution in [0, 0.1) is 0 Å². The van der Waals surface area contributed by atoms with Gasteiger partial charge in [-0.25, -0.2) is 4.39 Å². The van der Waals surface area contributed by atoms with Gasteiger partial charge in [-0.15, -0.1) is 0 Å². The Kier molecular flexibility index (Phi) is 7.47. The summed E-state index contributed by atoms with van der Waals surface area (Å²) in [7, 11) is 0. The van der Waals surface area contributed by atoms with E-state index in [0.29, 0.717) is 19.2 Å². The summed E-state index contributed by atoms with van der Waals surface area (Å²) < 4.78 is 18.8. The average molecular weight is 318 g/mol. The highest BCUT2D eigenvalue weighted by Crippen LogP contribution is 2.13. The third-order valence-corrected chi connectivity index (χ3v) is 3.26. The van der Waals surface area contributed by atoms with Crippen LogP contribution < -0.4 is 5.32 Å². The third kappa shape index (κ3) is 5.04. The van der Waals surface area contributed by atoms with Crippen molar-refractivity contribution in [3.05, 3.63) is 34.3 Å². The molecule has 1 aromatic carbocycles. The SMILES string of the molecule is CC.FCC1CNC(Cc2ccc(Br)cc2)CO1. The van der Waals surface area contributed by atoms with Crippen LogP contribution in [-0.4, -0.2) is 32.0 Å². The van der Waals surface area contributed by atoms with E-state index >= 15 is 0 Å². The van der Waals surface area contributed by atoms with E-state index in [1.54, 1.807) is 0 Å². The molecule has 1 N–H and O–H groups in total. The molecule has 4 heteroatoms. The first-order valence-corrected chi connectivity index (χ1v) is 7.22. The fourth-order valence-electron chi connectivity index (χ4n) is 1.80. The maximum atomic E-state index is 12.3. The molecule has 0 bridgehead atoms. The molecule has 0 spiro atoms. The molecule has 0 saturated carbocycles. The number of hydrogen-bond acceptors (Lipinski definition) is 2. The van der Waals surface area contributed by atoms with Crippen LogP contribution >= 0.6 is 15.9 Å². The highest BCUT2D eigenvalue weighted by Gasteiger charge is 2.20. The van der Waals surface area contributed by atoms with Crippen LogP contribution in [-0.2, 0) is 11.2 Å². The molecule has 2 atom stereocenters. The molecule has 0 aliphatic carbocycles. The summed E-state index contributed by atoms with van der Waals surface area (Å²) >= 11 is 3.41. The number of ether oxygens (including phenoxy) is 1. The minimum atomic E-state index is -0.405. The molecule has 0 aromatic heterocycles. The Morgan fingerprint density at radius 1 is 1.33 bits per heavy atom. The lowest BCUT2D eigenvalue weighted by molar-refractivity contribution is -0.00818. The normalized spacial score (nSPS) is 23.1. The van der Waals surface area contributed by atoms with Gasteiger partial charge in [0, 0.05) is 17.1 Å². The lowest BCUT2D eigenvalue weighted by atomic mass is 10.1. The first-order valence-electron chi connectivity index (χ1n) is 6.43. The largest absolute Gasteiger partial charge is 0.373 e. The lowest BCUT2D eigenvalue weighted by Crippen LogP contribution is -2.48. The highest BCUT2D eigenvalue weighted by atomic mass is 79.9. The zero-order valence-electron chi connectivity index (χ0n) is 11.0. The molecule has 102 valence electrons. The lowest BCUT2D eigenvalue weighted by Gasteiger charge is -2.29. The van der Waals surface area contributed by atoms with Crippen LogP contribution in [0.5, 0.6) is 0 Å². The summed E-state index contributed by atoms with van der Waals surface area (Å²) in [6.07, 6.45) is 0.660. The molecule has 18 heavy (non-hydrogen) atoms. The second-order valence-corrected chi connectivity index (χ2v) is 4.96. The van der Waals surface area contributed by atoms with Crippen LogP contribution in [0.2, 0.25) is 0 Å². The van der Waals surface area contributed by atoms with Crippen molar-refractivity contribution in [2.24, 2.45) is 0 Å². The second kappa shape index (κ2) is 8.62. The molecule has 1 aliphatic heterocycles. The van der Waals surface area contributed by atoms with Crippen molar-refractivity contribution >= 4 is 15.9 Å². The number of alkyl halides is 1. The Morgan fingerprint density at radius 3 is 2.50 bits per heavy atom. The predicted molar refractivity (Wildman–Crippen MR) is 76.7 cm³/mol. The minimum Gasteiger partial charge on any atom is -0.373 e. The van der Waals surface area contributed by atoms with E-state index < -0.39 is 6.67 Å². The van der Waals surface area contributed by atoms with Crippen LogP contribution in [0.1, 0.15) is 19.4 Å². The first-order chi connectivity index (χ1) is 8.78. The second-order valence-electron chi connectivity index (χ2n) is 4.05. The maximum Gasteiger partial charge on any atom is 0.117 e. The smallest absolute Gasteiger partial charge is 0.117 e. The zero-order chi connectivity index (χ0) is 13.4. The van der Waals surface area contributed by atoms with Gasteiger partial charge >= 0.3 is 0 Å². The molecule has 1 heterocycles. The molecular weight excluding hydrogens is 297 g/mol. The van der Waals surface area contributed by atoms with Crippen LogP contribution in [0.25, 0.3) is 0 Å². The van der Waals surface area contributed by atoms with E-state index in [-0.39, 0.29) is 6.10 Å². The van der Waals surface area contributed by atoms with Crippen molar-refractivity contribution in [2.75, 3.05) is 19.8 Å². The van der Waals surface area contributed by atoms with E-state index in [0.717, 1.165) is 10.9 Å². The number of nitrogens with one attached hydrogen (secondary N) is 1. The van der Waals surface area contributed by atoms with Gasteiger partial charge in [0.15, 0.2) is 0 Å². The third-order valence-electron chi connectivity index (χ3n) is 2.73. The van der Waals surface area contributed by atoms with Gasteiger partial charge in [0.25, 0.3) is 0 Å². The van der Waals surface area contributed by atoms with Crippen molar-refractivity contribution in [3.63, 3.8) is 0 Å². The van der Waals surface area contributed by atoms with Gasteiger partial charge in [0.1, 0.15) is 6.67 Å². The number of halogens is 2. The van der Waals surface area contributed by atoms with Gasteiger partial charge in [-0.2, -0.15) is 0 Å². The van der Waals surface area contributed by atoms with Gasteiger partial charge in [-0.05, 0) is 24.1 Å². The quantitative estimate of drug-likeness (QED) is 0.923. The van der Waals surface area contributed by atoms with Gasteiger partial charge in [0.2, 0.25) is 0 Å². The van der Waals surface area contributed by atoms with Gasteiger partial charge in [-0.3, -0.25) is 0 Å². The number of hydrogen-bond donors (Lipinski definition) is 1. The van der Waals surface area contributed by atoms with Crippen molar-refractivity contribution in [1.29, 1.82) is 0 Å². The van der Waals surface area contributed by atoms with E-state index in [2.05, 4.69) is 33.4 Å². The van der Waals surface area contributed by atoms with E-state index in [4.69, 9.17) is 4.74 Å². The summed E-state index contributed by atoms with van der Waals surface area (Å²) in [5.74, 6) is 0. The number of rotatable bonds is 3. The first kappa shape index (κ1) is 15.6. The molecule has 1 aromatic rings. The molecule has 2 unspecified atom stereocenters. The van der Waals surface area contributed by atoms with Crippen molar-refractivity contribution in [2.45, 2.75) is 32.4 Å². The Balaban J connectivity index is 0.000000771. The molecule has 2 rings (SSSR count). The van der Waals surface area contributed by atoms with Crippen LogP contribution in [0.4, 0.5) is 4.39 Å². The molecule has 2 nitrogen and oxygen atoms in total. The minimum absolute atomic E-state index is 0.263. The number of morpholine rings is 1. The summed E-state index contributed by atoms with van der Waals surface area (Å²) in [5, 5.41) is 3.31. The molecule has 1 saturated heterocycles. The maximum absolute atomic E-state index is 12.3. The Labute approximate surface area is 117 Å². The molecule has 1 fully saturated rings. The highest BCUT2D eigenvalue weighted by molar-refractivity contribution is 9.10.